The fourth-order valence-corrected chi connectivity index (χ4v) is 1.92. The highest BCUT2D eigenvalue weighted by Crippen LogP contribution is 2.35. The lowest BCUT2D eigenvalue weighted by atomic mass is 10.0. The Bertz CT molecular complexity index is 625. The molecule has 4 nitrogen and oxygen atoms in total. The largest absolute Gasteiger partial charge is 0.434 e. The molecule has 0 fully saturated rings. The Morgan fingerprint density at radius 2 is 2.10 bits per heavy atom. The van der Waals surface area contributed by atoms with Crippen molar-refractivity contribution in [3.63, 3.8) is 0 Å². The van der Waals surface area contributed by atoms with Gasteiger partial charge < -0.3 is 16.2 Å². The minimum atomic E-state index is -0.573. The van der Waals surface area contributed by atoms with Crippen LogP contribution in [0, 0.1) is 5.82 Å². The van der Waals surface area contributed by atoms with E-state index in [4.69, 9.17) is 27.8 Å². The molecule has 0 aliphatic heterocycles. The number of benzene rings is 1. The van der Waals surface area contributed by atoms with Crippen LogP contribution in [-0.2, 0) is 0 Å². The van der Waals surface area contributed by atoms with Crippen LogP contribution in [0.3, 0.4) is 0 Å². The number of hydrogen-bond donors (Lipinski definition) is 2. The topological polar surface area (TPSA) is 74.2 Å². The van der Waals surface area contributed by atoms with Crippen molar-refractivity contribution in [3.8, 4) is 11.6 Å². The molecule has 1 aromatic carbocycles. The Balaban J connectivity index is 0.00000220. The lowest BCUT2D eigenvalue weighted by molar-refractivity contribution is 0.421. The summed E-state index contributed by atoms with van der Waals surface area (Å²) in [5.41, 5.74) is 12.3. The monoisotopic (exact) mass is 331 g/mol. The van der Waals surface area contributed by atoms with E-state index in [0.29, 0.717) is 17.7 Å². The van der Waals surface area contributed by atoms with Crippen molar-refractivity contribution in [1.29, 1.82) is 0 Å². The number of nitrogen functional groups attached to an aromatic ring is 1. The quantitative estimate of drug-likeness (QED) is 0.885. The van der Waals surface area contributed by atoms with E-state index in [9.17, 15) is 4.39 Å². The first-order valence-corrected chi connectivity index (χ1v) is 6.53. The molecule has 1 heterocycles. The number of ether oxygens (including phenoxy) is 1. The molecule has 0 unspecified atom stereocenters. The van der Waals surface area contributed by atoms with Gasteiger partial charge in [-0.25, -0.2) is 9.37 Å². The van der Waals surface area contributed by atoms with Crippen molar-refractivity contribution in [3.05, 3.63) is 46.9 Å². The lowest BCUT2D eigenvalue weighted by Crippen LogP contribution is -2.11. The molecule has 0 saturated heterocycles. The van der Waals surface area contributed by atoms with E-state index in [2.05, 4.69) is 4.98 Å². The number of nitrogens with two attached hydrogens (primary N) is 2. The zero-order valence-corrected chi connectivity index (χ0v) is 12.9. The van der Waals surface area contributed by atoms with E-state index in [0.717, 1.165) is 0 Å². The van der Waals surface area contributed by atoms with Crippen molar-refractivity contribution >= 4 is 29.7 Å². The Morgan fingerprint density at radius 1 is 1.38 bits per heavy atom. The maximum atomic E-state index is 14.4. The minimum absolute atomic E-state index is 0. The second-order valence-electron chi connectivity index (χ2n) is 4.32. The Morgan fingerprint density at radius 3 is 2.71 bits per heavy atom. The van der Waals surface area contributed by atoms with Crippen molar-refractivity contribution in [2.45, 2.75) is 19.4 Å². The zero-order chi connectivity index (χ0) is 14.7. The molecule has 0 aliphatic carbocycles. The van der Waals surface area contributed by atoms with Crippen molar-refractivity contribution in [1.82, 2.24) is 4.98 Å². The molecule has 2 aromatic rings. The van der Waals surface area contributed by atoms with Crippen LogP contribution in [0.5, 0.6) is 11.6 Å². The summed E-state index contributed by atoms with van der Waals surface area (Å²) in [6.45, 7) is 1.87. The maximum Gasteiger partial charge on any atom is 0.221 e. The normalized spacial score (nSPS) is 11.6. The minimum Gasteiger partial charge on any atom is -0.434 e. The number of rotatable bonds is 4. The van der Waals surface area contributed by atoms with Gasteiger partial charge in [0, 0.05) is 29.6 Å². The number of anilines is 1. The van der Waals surface area contributed by atoms with E-state index in [1.165, 1.54) is 12.3 Å². The molecule has 0 bridgehead atoms. The summed E-state index contributed by atoms with van der Waals surface area (Å²) < 4.78 is 19.8. The van der Waals surface area contributed by atoms with E-state index in [1.807, 2.05) is 6.92 Å². The maximum absolute atomic E-state index is 14.4. The fourth-order valence-electron chi connectivity index (χ4n) is 1.73. The molecule has 0 saturated carbocycles. The first kappa shape index (κ1) is 17.5. The molecule has 1 atom stereocenters. The van der Waals surface area contributed by atoms with E-state index in [-0.39, 0.29) is 29.1 Å². The van der Waals surface area contributed by atoms with Crippen LogP contribution in [0.25, 0.3) is 0 Å². The molecule has 21 heavy (non-hydrogen) atoms. The summed E-state index contributed by atoms with van der Waals surface area (Å²) in [5, 5.41) is 0.152. The van der Waals surface area contributed by atoms with Gasteiger partial charge in [0.15, 0.2) is 11.6 Å². The Kier molecular flexibility index (Phi) is 6.20. The first-order chi connectivity index (χ1) is 9.52. The van der Waals surface area contributed by atoms with E-state index >= 15 is 0 Å². The fraction of sp³-hybridized carbons (Fsp3) is 0.214. The van der Waals surface area contributed by atoms with Gasteiger partial charge in [0.2, 0.25) is 5.88 Å². The van der Waals surface area contributed by atoms with E-state index in [1.54, 1.807) is 18.2 Å². The van der Waals surface area contributed by atoms with Gasteiger partial charge >= 0.3 is 0 Å². The SMILES string of the molecule is CC[C@@H](N)c1ccc(Cl)c(Oc2cc(N)ccn2)c1F.Cl. The standard InChI is InChI=1S/C14H15ClFN3O.ClH/c1-2-11(18)9-3-4-10(15)14(13(9)16)20-12-7-8(17)5-6-19-12;/h3-7,11H,2,18H2,1H3,(H2,17,19);1H/t11-;/m1./s1. The molecular formula is C14H16Cl2FN3O. The van der Waals surface area contributed by atoms with Crippen LogP contribution in [0.4, 0.5) is 10.1 Å². The van der Waals surface area contributed by atoms with Gasteiger partial charge in [-0.05, 0) is 18.6 Å². The molecular weight excluding hydrogens is 316 g/mol. The third-order valence-corrected chi connectivity index (χ3v) is 3.18. The number of halogens is 3. The molecule has 4 N–H and O–H groups in total. The molecule has 0 amide bonds. The second kappa shape index (κ2) is 7.45. The van der Waals surface area contributed by atoms with Crippen molar-refractivity contribution < 1.29 is 9.13 Å². The smallest absolute Gasteiger partial charge is 0.221 e. The summed E-state index contributed by atoms with van der Waals surface area (Å²) in [7, 11) is 0. The van der Waals surface area contributed by atoms with Gasteiger partial charge in [0.1, 0.15) is 0 Å². The van der Waals surface area contributed by atoms with Gasteiger partial charge in [-0.15, -0.1) is 12.4 Å². The number of pyridine rings is 1. The van der Waals surface area contributed by atoms with Crippen LogP contribution in [0.2, 0.25) is 5.02 Å². The summed E-state index contributed by atoms with van der Waals surface area (Å²) in [5.74, 6) is -0.490. The molecule has 114 valence electrons. The van der Waals surface area contributed by atoms with Crippen molar-refractivity contribution in [2.75, 3.05) is 5.73 Å². The summed E-state index contributed by atoms with van der Waals surface area (Å²) >= 11 is 5.97. The van der Waals surface area contributed by atoms with Gasteiger partial charge in [-0.2, -0.15) is 0 Å². The second-order valence-corrected chi connectivity index (χ2v) is 4.73. The molecule has 0 radical (unpaired) electrons. The summed E-state index contributed by atoms with van der Waals surface area (Å²) in [4.78, 5) is 3.95. The highest BCUT2D eigenvalue weighted by molar-refractivity contribution is 6.32. The van der Waals surface area contributed by atoms with E-state index < -0.39 is 11.9 Å². The molecule has 7 heteroatoms. The van der Waals surface area contributed by atoms with Gasteiger partial charge in [-0.1, -0.05) is 24.6 Å². The van der Waals surface area contributed by atoms with Crippen LogP contribution >= 0.6 is 24.0 Å². The van der Waals surface area contributed by atoms with Crippen molar-refractivity contribution in [2.24, 2.45) is 5.73 Å². The summed E-state index contributed by atoms with van der Waals surface area (Å²) in [6.07, 6.45) is 2.08. The predicted molar refractivity (Wildman–Crippen MR) is 84.6 cm³/mol. The highest BCUT2D eigenvalue weighted by Gasteiger charge is 2.18. The molecule has 2 rings (SSSR count). The van der Waals surface area contributed by atoms with Gasteiger partial charge in [-0.3, -0.25) is 0 Å². The van der Waals surface area contributed by atoms with Gasteiger partial charge in [0.05, 0.1) is 5.02 Å². The Hall–Kier alpha value is -1.56. The lowest BCUT2D eigenvalue weighted by Gasteiger charge is -2.14. The van der Waals surface area contributed by atoms with Crippen LogP contribution < -0.4 is 16.2 Å². The molecule has 0 spiro atoms. The first-order valence-electron chi connectivity index (χ1n) is 6.15. The van der Waals surface area contributed by atoms with Gasteiger partial charge in [0.25, 0.3) is 0 Å². The highest BCUT2D eigenvalue weighted by atomic mass is 35.5. The number of aromatic nitrogens is 1. The van der Waals surface area contributed by atoms with Crippen LogP contribution in [0.15, 0.2) is 30.5 Å². The zero-order valence-electron chi connectivity index (χ0n) is 11.3. The van der Waals surface area contributed by atoms with Crippen LogP contribution in [0.1, 0.15) is 24.9 Å². The third-order valence-electron chi connectivity index (χ3n) is 2.88. The average molecular weight is 332 g/mol. The third kappa shape index (κ3) is 3.97. The Labute approximate surface area is 133 Å². The molecule has 0 aliphatic rings. The predicted octanol–water partition coefficient (Wildman–Crippen LogP) is 4.08. The summed E-state index contributed by atoms with van der Waals surface area (Å²) in [6, 6.07) is 5.79. The molecule has 1 aromatic heterocycles. The van der Waals surface area contributed by atoms with Crippen LogP contribution in [-0.4, -0.2) is 4.98 Å². The number of hydrogen-bond acceptors (Lipinski definition) is 4. The average Bonchev–Trinajstić information content (AvgIpc) is 2.43. The number of nitrogens with zero attached hydrogens (tertiary/aromatic N) is 1.